The number of hydrogen-bond acceptors (Lipinski definition) is 2. The summed E-state index contributed by atoms with van der Waals surface area (Å²) in [4.78, 5) is 27.7. The zero-order valence-electron chi connectivity index (χ0n) is 11.4. The van der Waals surface area contributed by atoms with Crippen LogP contribution in [0.3, 0.4) is 0 Å². The zero-order valence-corrected chi connectivity index (χ0v) is 11.4. The Labute approximate surface area is 113 Å². The van der Waals surface area contributed by atoms with E-state index in [0.717, 1.165) is 32.4 Å². The van der Waals surface area contributed by atoms with Crippen LogP contribution in [0.15, 0.2) is 0 Å². The van der Waals surface area contributed by atoms with Gasteiger partial charge in [0.15, 0.2) is 0 Å². The molecule has 0 radical (unpaired) electrons. The lowest BCUT2D eigenvalue weighted by atomic mass is 9.89. The summed E-state index contributed by atoms with van der Waals surface area (Å²) in [6.07, 6.45) is 4.74. The first-order chi connectivity index (χ1) is 9.08. The highest BCUT2D eigenvalue weighted by Gasteiger charge is 2.52. The molecule has 0 aromatic heterocycles. The van der Waals surface area contributed by atoms with Gasteiger partial charge in [0.1, 0.15) is 0 Å². The quantitative estimate of drug-likeness (QED) is 0.787. The summed E-state index contributed by atoms with van der Waals surface area (Å²) in [5.74, 6) is -0.518. The summed E-state index contributed by atoms with van der Waals surface area (Å²) in [5, 5.41) is 9.24. The van der Waals surface area contributed by atoms with Gasteiger partial charge in [0, 0.05) is 25.2 Å². The molecule has 0 spiro atoms. The molecule has 0 aromatic carbocycles. The monoisotopic (exact) mass is 266 g/mol. The summed E-state index contributed by atoms with van der Waals surface area (Å²) >= 11 is 0. The maximum atomic E-state index is 12.6. The minimum absolute atomic E-state index is 0.0627. The van der Waals surface area contributed by atoms with Crippen molar-refractivity contribution in [3.63, 3.8) is 0 Å². The average Bonchev–Trinajstić information content (AvgIpc) is 2.95. The SMILES string of the molecule is CC1CCCN(C(=O)N2C3CCC2C(C(=O)O)C3)C1. The third-order valence-corrected chi connectivity index (χ3v) is 5.00. The molecular formula is C14H22N2O3. The molecule has 0 aliphatic carbocycles. The van der Waals surface area contributed by atoms with Gasteiger partial charge in [-0.1, -0.05) is 6.92 Å². The van der Waals surface area contributed by atoms with Crippen LogP contribution >= 0.6 is 0 Å². The van der Waals surface area contributed by atoms with Gasteiger partial charge in [-0.2, -0.15) is 0 Å². The molecular weight excluding hydrogens is 244 g/mol. The van der Waals surface area contributed by atoms with Gasteiger partial charge in [0.2, 0.25) is 0 Å². The van der Waals surface area contributed by atoms with Gasteiger partial charge >= 0.3 is 12.0 Å². The number of likely N-dealkylation sites (tertiary alicyclic amines) is 1. The van der Waals surface area contributed by atoms with E-state index < -0.39 is 5.97 Å². The zero-order chi connectivity index (χ0) is 13.6. The summed E-state index contributed by atoms with van der Waals surface area (Å²) in [5.41, 5.74) is 0. The largest absolute Gasteiger partial charge is 0.481 e. The maximum absolute atomic E-state index is 12.6. The first kappa shape index (κ1) is 12.8. The summed E-state index contributed by atoms with van der Waals surface area (Å²) < 4.78 is 0. The van der Waals surface area contributed by atoms with Crippen molar-refractivity contribution in [1.82, 2.24) is 9.80 Å². The van der Waals surface area contributed by atoms with E-state index in [1.165, 1.54) is 6.42 Å². The van der Waals surface area contributed by atoms with Crippen molar-refractivity contribution in [2.24, 2.45) is 11.8 Å². The van der Waals surface area contributed by atoms with Gasteiger partial charge in [0.05, 0.1) is 5.92 Å². The average molecular weight is 266 g/mol. The molecule has 4 atom stereocenters. The van der Waals surface area contributed by atoms with Crippen LogP contribution in [0.1, 0.15) is 39.0 Å². The first-order valence-electron chi connectivity index (χ1n) is 7.38. The number of piperidine rings is 1. The van der Waals surface area contributed by atoms with Gasteiger partial charge in [0.25, 0.3) is 0 Å². The van der Waals surface area contributed by atoms with Crippen LogP contribution < -0.4 is 0 Å². The Hall–Kier alpha value is -1.26. The van der Waals surface area contributed by atoms with E-state index in [0.29, 0.717) is 12.3 Å². The molecule has 3 heterocycles. The molecule has 3 saturated heterocycles. The third-order valence-electron chi connectivity index (χ3n) is 5.00. The fraction of sp³-hybridized carbons (Fsp3) is 0.857. The summed E-state index contributed by atoms with van der Waals surface area (Å²) in [6.45, 7) is 3.83. The Morgan fingerprint density at radius 3 is 2.63 bits per heavy atom. The van der Waals surface area contributed by atoms with Crippen LogP contribution in [0, 0.1) is 11.8 Å². The Morgan fingerprint density at radius 1 is 1.21 bits per heavy atom. The van der Waals surface area contributed by atoms with E-state index in [1.54, 1.807) is 0 Å². The Kier molecular flexibility index (Phi) is 3.15. The molecule has 2 amide bonds. The molecule has 1 N–H and O–H groups in total. The maximum Gasteiger partial charge on any atom is 0.320 e. The smallest absolute Gasteiger partial charge is 0.320 e. The van der Waals surface area contributed by atoms with E-state index in [2.05, 4.69) is 6.92 Å². The molecule has 3 aliphatic heterocycles. The number of nitrogens with zero attached hydrogens (tertiary/aromatic N) is 2. The molecule has 0 saturated carbocycles. The summed E-state index contributed by atoms with van der Waals surface area (Å²) in [6, 6.07) is 0.186. The predicted octanol–water partition coefficient (Wildman–Crippen LogP) is 1.78. The van der Waals surface area contributed by atoms with Gasteiger partial charge in [-0.25, -0.2) is 4.79 Å². The number of urea groups is 1. The second-order valence-electron chi connectivity index (χ2n) is 6.36. The number of amides is 2. The van der Waals surface area contributed by atoms with E-state index in [4.69, 9.17) is 0 Å². The lowest BCUT2D eigenvalue weighted by Crippen LogP contribution is -2.49. The second kappa shape index (κ2) is 4.69. The predicted molar refractivity (Wildman–Crippen MR) is 69.8 cm³/mol. The fourth-order valence-corrected chi connectivity index (χ4v) is 4.08. The highest BCUT2D eigenvalue weighted by atomic mass is 16.4. The number of carbonyl (C=O) groups excluding carboxylic acids is 1. The van der Waals surface area contributed by atoms with Crippen molar-refractivity contribution in [1.29, 1.82) is 0 Å². The number of carbonyl (C=O) groups is 2. The van der Waals surface area contributed by atoms with Crippen LogP contribution in [0.2, 0.25) is 0 Å². The molecule has 3 fully saturated rings. The topological polar surface area (TPSA) is 60.9 Å². The standard InChI is InChI=1S/C14H22N2O3/c1-9-3-2-6-15(8-9)14(19)16-10-4-5-12(16)11(7-10)13(17)18/h9-12H,2-8H2,1H3,(H,17,18). The van der Waals surface area contributed by atoms with Crippen molar-refractivity contribution >= 4 is 12.0 Å². The van der Waals surface area contributed by atoms with E-state index in [1.807, 2.05) is 9.80 Å². The molecule has 5 heteroatoms. The number of carboxylic acids is 1. The van der Waals surface area contributed by atoms with Crippen molar-refractivity contribution < 1.29 is 14.7 Å². The van der Waals surface area contributed by atoms with Crippen LogP contribution in [-0.4, -0.2) is 52.1 Å². The Balaban J connectivity index is 1.72. The third kappa shape index (κ3) is 2.09. The van der Waals surface area contributed by atoms with Crippen molar-refractivity contribution in [2.45, 2.75) is 51.1 Å². The lowest BCUT2D eigenvalue weighted by Gasteiger charge is -2.36. The second-order valence-corrected chi connectivity index (χ2v) is 6.36. The molecule has 3 rings (SSSR count). The van der Waals surface area contributed by atoms with Crippen LogP contribution in [-0.2, 0) is 4.79 Å². The number of hydrogen-bond donors (Lipinski definition) is 1. The number of fused-ring (bicyclic) bond motifs is 2. The van der Waals surface area contributed by atoms with Crippen molar-refractivity contribution in [2.75, 3.05) is 13.1 Å². The van der Waals surface area contributed by atoms with Crippen molar-refractivity contribution in [3.05, 3.63) is 0 Å². The highest BCUT2D eigenvalue weighted by Crippen LogP contribution is 2.42. The normalized spacial score (nSPS) is 37.7. The van der Waals surface area contributed by atoms with Crippen LogP contribution in [0.5, 0.6) is 0 Å². The van der Waals surface area contributed by atoms with Crippen molar-refractivity contribution in [3.8, 4) is 0 Å². The summed E-state index contributed by atoms with van der Waals surface area (Å²) in [7, 11) is 0. The van der Waals surface area contributed by atoms with Gasteiger partial charge in [-0.15, -0.1) is 0 Å². The number of carboxylic acid groups (broad SMARTS) is 1. The molecule has 2 bridgehead atoms. The molecule has 106 valence electrons. The first-order valence-corrected chi connectivity index (χ1v) is 7.38. The molecule has 3 aliphatic rings. The number of aliphatic carboxylic acids is 1. The van der Waals surface area contributed by atoms with E-state index in [9.17, 15) is 14.7 Å². The van der Waals surface area contributed by atoms with E-state index >= 15 is 0 Å². The van der Waals surface area contributed by atoms with E-state index in [-0.39, 0.29) is 24.0 Å². The molecule has 5 nitrogen and oxygen atoms in total. The fourth-order valence-electron chi connectivity index (χ4n) is 4.08. The van der Waals surface area contributed by atoms with Gasteiger partial charge in [-0.05, 0) is 38.0 Å². The van der Waals surface area contributed by atoms with Crippen LogP contribution in [0.25, 0.3) is 0 Å². The van der Waals surface area contributed by atoms with Gasteiger partial charge < -0.3 is 14.9 Å². The molecule has 0 aromatic rings. The highest BCUT2D eigenvalue weighted by molar-refractivity contribution is 5.79. The number of rotatable bonds is 1. The minimum Gasteiger partial charge on any atom is -0.481 e. The van der Waals surface area contributed by atoms with Crippen LogP contribution in [0.4, 0.5) is 4.79 Å². The Bertz CT molecular complexity index is 398. The minimum atomic E-state index is -0.739. The lowest BCUT2D eigenvalue weighted by molar-refractivity contribution is -0.142. The molecule has 19 heavy (non-hydrogen) atoms. The molecule has 4 unspecified atom stereocenters. The van der Waals surface area contributed by atoms with Gasteiger partial charge in [-0.3, -0.25) is 4.79 Å². The Morgan fingerprint density at radius 2 is 2.00 bits per heavy atom.